The van der Waals surface area contributed by atoms with Crippen LogP contribution in [0, 0.1) is 5.92 Å². The summed E-state index contributed by atoms with van der Waals surface area (Å²) in [5.74, 6) is -0.780. The number of carboxylic acids is 1. The fourth-order valence-electron chi connectivity index (χ4n) is 2.43. The normalized spacial score (nSPS) is 12.9. The first-order valence-electron chi connectivity index (χ1n) is 9.41. The lowest BCUT2D eigenvalue weighted by Crippen LogP contribution is -2.48. The molecule has 2 N–H and O–H groups in total. The Balaban J connectivity index is 4.94. The molecule has 0 aromatic rings. The van der Waals surface area contributed by atoms with Crippen LogP contribution in [0.4, 0.5) is 4.79 Å². The molecule has 152 valence electrons. The highest BCUT2D eigenvalue weighted by Crippen LogP contribution is 2.11. The number of carboxylic acid groups (broad SMARTS) is 1. The molecule has 0 spiro atoms. The Morgan fingerprint density at radius 2 is 1.77 bits per heavy atom. The average Bonchev–Trinajstić information content (AvgIpc) is 2.46. The predicted molar refractivity (Wildman–Crippen MR) is 101 cm³/mol. The third-order valence-electron chi connectivity index (χ3n) is 3.64. The minimum absolute atomic E-state index is 0.00860. The molecule has 1 unspecified atom stereocenters. The lowest BCUT2D eigenvalue weighted by molar-refractivity contribution is -0.137. The van der Waals surface area contributed by atoms with Gasteiger partial charge in [0.1, 0.15) is 5.60 Å². The number of carbonyl (C=O) groups is 3. The Morgan fingerprint density at radius 1 is 1.15 bits per heavy atom. The molecule has 0 aliphatic rings. The van der Waals surface area contributed by atoms with Gasteiger partial charge in [0.25, 0.3) is 0 Å². The molecule has 0 aliphatic carbocycles. The topological polar surface area (TPSA) is 95.9 Å². The highest BCUT2D eigenvalue weighted by Gasteiger charge is 2.26. The van der Waals surface area contributed by atoms with Crippen LogP contribution in [-0.4, -0.2) is 59.1 Å². The zero-order valence-electron chi connectivity index (χ0n) is 17.1. The van der Waals surface area contributed by atoms with Crippen LogP contribution >= 0.6 is 0 Å². The van der Waals surface area contributed by atoms with Gasteiger partial charge < -0.3 is 15.2 Å². The fraction of sp³-hybridized carbons (Fsp3) is 0.842. The maximum Gasteiger partial charge on any atom is 0.408 e. The zero-order chi connectivity index (χ0) is 20.3. The van der Waals surface area contributed by atoms with Crippen LogP contribution < -0.4 is 5.32 Å². The number of nitrogens with zero attached hydrogens (tertiary/aromatic N) is 1. The van der Waals surface area contributed by atoms with Gasteiger partial charge in [0.2, 0.25) is 0 Å². The summed E-state index contributed by atoms with van der Waals surface area (Å²) in [4.78, 5) is 37.5. The van der Waals surface area contributed by atoms with Crippen LogP contribution in [0.25, 0.3) is 0 Å². The van der Waals surface area contributed by atoms with E-state index in [0.717, 1.165) is 12.8 Å². The number of Topliss-reactive ketones (excluding diaryl/α,β-unsaturated/α-hetero) is 1. The van der Waals surface area contributed by atoms with Crippen LogP contribution in [0.1, 0.15) is 67.2 Å². The average molecular weight is 373 g/mol. The molecule has 7 nitrogen and oxygen atoms in total. The molecular formula is C19H36N2O5. The number of alkyl carbamates (subject to hydrolysis) is 1. The molecule has 0 fully saturated rings. The molecule has 1 amide bonds. The Morgan fingerprint density at radius 3 is 2.23 bits per heavy atom. The van der Waals surface area contributed by atoms with E-state index in [-0.39, 0.29) is 24.7 Å². The van der Waals surface area contributed by atoms with Crippen LogP contribution in [-0.2, 0) is 14.3 Å². The first-order chi connectivity index (χ1) is 11.9. The molecule has 0 saturated carbocycles. The molecule has 0 radical (unpaired) electrons. The minimum atomic E-state index is -0.885. The van der Waals surface area contributed by atoms with Crippen LogP contribution in [0.3, 0.4) is 0 Å². The Hall–Kier alpha value is -1.63. The van der Waals surface area contributed by atoms with E-state index in [1.807, 2.05) is 25.7 Å². The van der Waals surface area contributed by atoms with Gasteiger partial charge in [-0.2, -0.15) is 0 Å². The quantitative estimate of drug-likeness (QED) is 0.546. The van der Waals surface area contributed by atoms with E-state index in [1.54, 1.807) is 20.8 Å². The van der Waals surface area contributed by atoms with Gasteiger partial charge in [-0.25, -0.2) is 4.79 Å². The van der Waals surface area contributed by atoms with Crippen molar-refractivity contribution in [1.29, 1.82) is 0 Å². The second kappa shape index (κ2) is 11.9. The van der Waals surface area contributed by atoms with Gasteiger partial charge in [-0.05, 0) is 46.1 Å². The second-order valence-electron chi connectivity index (χ2n) is 8.07. The first kappa shape index (κ1) is 24.4. The third kappa shape index (κ3) is 12.7. The van der Waals surface area contributed by atoms with E-state index in [9.17, 15) is 14.4 Å². The summed E-state index contributed by atoms with van der Waals surface area (Å²) in [7, 11) is 0. The monoisotopic (exact) mass is 372 g/mol. The highest BCUT2D eigenvalue weighted by atomic mass is 16.6. The van der Waals surface area contributed by atoms with Crippen LogP contribution in [0.5, 0.6) is 0 Å². The van der Waals surface area contributed by atoms with Crippen molar-refractivity contribution in [2.45, 2.75) is 78.9 Å². The smallest absolute Gasteiger partial charge is 0.408 e. The first-order valence-corrected chi connectivity index (χ1v) is 9.41. The predicted octanol–water partition coefficient (Wildman–Crippen LogP) is 3.07. The van der Waals surface area contributed by atoms with E-state index in [1.165, 1.54) is 0 Å². The Kier molecular flexibility index (Phi) is 11.1. The SMILES string of the molecule is CCCCN(CCC(=O)O)CC(=O)C(CC(C)C)NC(=O)OC(C)(C)C. The van der Waals surface area contributed by atoms with Gasteiger partial charge in [-0.15, -0.1) is 0 Å². The van der Waals surface area contributed by atoms with Crippen molar-refractivity contribution in [2.24, 2.45) is 5.92 Å². The summed E-state index contributed by atoms with van der Waals surface area (Å²) >= 11 is 0. The molecular weight excluding hydrogens is 336 g/mol. The lowest BCUT2D eigenvalue weighted by Gasteiger charge is -2.26. The number of nitrogens with one attached hydrogen (secondary N) is 1. The summed E-state index contributed by atoms with van der Waals surface area (Å²) in [6, 6.07) is -0.640. The maximum atomic E-state index is 12.7. The summed E-state index contributed by atoms with van der Waals surface area (Å²) in [6.07, 6.45) is 1.75. The molecule has 0 aliphatic heterocycles. The fourth-order valence-corrected chi connectivity index (χ4v) is 2.43. The van der Waals surface area contributed by atoms with Crippen molar-refractivity contribution in [3.63, 3.8) is 0 Å². The number of amides is 1. The van der Waals surface area contributed by atoms with Gasteiger partial charge in [-0.3, -0.25) is 14.5 Å². The van der Waals surface area contributed by atoms with Crippen molar-refractivity contribution in [3.05, 3.63) is 0 Å². The molecule has 0 saturated heterocycles. The van der Waals surface area contributed by atoms with E-state index < -0.39 is 23.7 Å². The molecule has 26 heavy (non-hydrogen) atoms. The van der Waals surface area contributed by atoms with E-state index in [4.69, 9.17) is 9.84 Å². The third-order valence-corrected chi connectivity index (χ3v) is 3.64. The Labute approximate surface area is 157 Å². The number of hydrogen-bond acceptors (Lipinski definition) is 5. The van der Waals surface area contributed by atoms with Crippen molar-refractivity contribution in [1.82, 2.24) is 10.2 Å². The molecule has 0 rings (SSSR count). The van der Waals surface area contributed by atoms with E-state index in [2.05, 4.69) is 5.32 Å². The van der Waals surface area contributed by atoms with Crippen molar-refractivity contribution in [2.75, 3.05) is 19.6 Å². The number of ether oxygens (including phenoxy) is 1. The summed E-state index contributed by atoms with van der Waals surface area (Å²) in [6.45, 7) is 12.4. The minimum Gasteiger partial charge on any atom is -0.481 e. The standard InChI is InChI=1S/C19H36N2O5/c1-7-8-10-21(11-9-17(23)24)13-16(22)15(12-14(2)3)20-18(25)26-19(4,5)6/h14-15H,7-13H2,1-6H3,(H,20,25)(H,23,24). The number of rotatable bonds is 12. The molecule has 7 heteroatoms. The maximum absolute atomic E-state index is 12.7. The van der Waals surface area contributed by atoms with Crippen molar-refractivity contribution in [3.8, 4) is 0 Å². The van der Waals surface area contributed by atoms with Gasteiger partial charge in [0.15, 0.2) is 5.78 Å². The largest absolute Gasteiger partial charge is 0.481 e. The molecule has 0 aromatic carbocycles. The lowest BCUT2D eigenvalue weighted by atomic mass is 10.00. The zero-order valence-corrected chi connectivity index (χ0v) is 17.1. The van der Waals surface area contributed by atoms with Crippen molar-refractivity contribution >= 4 is 17.8 Å². The number of hydrogen-bond donors (Lipinski definition) is 2. The number of unbranched alkanes of at least 4 members (excludes halogenated alkanes) is 1. The summed E-state index contributed by atoms with van der Waals surface area (Å²) in [5.41, 5.74) is -0.635. The Bertz CT molecular complexity index is 457. The summed E-state index contributed by atoms with van der Waals surface area (Å²) in [5, 5.41) is 11.6. The highest BCUT2D eigenvalue weighted by molar-refractivity contribution is 5.89. The van der Waals surface area contributed by atoms with Gasteiger partial charge in [-0.1, -0.05) is 27.2 Å². The van der Waals surface area contributed by atoms with Gasteiger partial charge in [0.05, 0.1) is 19.0 Å². The number of aliphatic carboxylic acids is 1. The number of ketones is 1. The van der Waals surface area contributed by atoms with E-state index >= 15 is 0 Å². The number of carbonyl (C=O) groups excluding carboxylic acids is 2. The molecule has 0 aromatic heterocycles. The van der Waals surface area contributed by atoms with Crippen LogP contribution in [0.15, 0.2) is 0 Å². The molecule has 0 heterocycles. The molecule has 1 atom stereocenters. The van der Waals surface area contributed by atoms with E-state index in [0.29, 0.717) is 19.5 Å². The van der Waals surface area contributed by atoms with Gasteiger partial charge >= 0.3 is 12.1 Å². The van der Waals surface area contributed by atoms with Gasteiger partial charge in [0, 0.05) is 6.54 Å². The molecule has 0 bridgehead atoms. The second-order valence-corrected chi connectivity index (χ2v) is 8.07. The summed E-state index contributed by atoms with van der Waals surface area (Å²) < 4.78 is 5.26. The van der Waals surface area contributed by atoms with Crippen molar-refractivity contribution < 1.29 is 24.2 Å². The van der Waals surface area contributed by atoms with Crippen LogP contribution in [0.2, 0.25) is 0 Å².